The second kappa shape index (κ2) is 22.2. The lowest BCUT2D eigenvalue weighted by Crippen LogP contribution is -2.59. The molecule has 5 nitrogen and oxygen atoms in total. The fourth-order valence-electron chi connectivity index (χ4n) is 2.63. The van der Waals surface area contributed by atoms with Gasteiger partial charge in [0.15, 0.2) is 0 Å². The third-order valence-electron chi connectivity index (χ3n) is 4.25. The molecule has 0 spiro atoms. The molecule has 8 heteroatoms. The van der Waals surface area contributed by atoms with Gasteiger partial charge in [-0.15, -0.1) is 37.2 Å². The minimum Gasteiger partial charge on any atom is -0.306 e. The Balaban J connectivity index is -0.000000882. The quantitative estimate of drug-likeness (QED) is 0.241. The zero-order valence-corrected chi connectivity index (χ0v) is 19.5. The number of carbonyl (C=O) groups is 2. The Labute approximate surface area is 184 Å². The molecule has 0 radical (unpaired) electrons. The van der Waals surface area contributed by atoms with Crippen molar-refractivity contribution < 1.29 is 9.59 Å². The van der Waals surface area contributed by atoms with Crippen molar-refractivity contribution in [2.75, 3.05) is 0 Å². The van der Waals surface area contributed by atoms with Gasteiger partial charge in [0.25, 0.3) is 5.91 Å². The highest BCUT2D eigenvalue weighted by Gasteiger charge is 2.23. The van der Waals surface area contributed by atoms with Gasteiger partial charge in [-0.3, -0.25) is 14.9 Å². The van der Waals surface area contributed by atoms with Gasteiger partial charge in [0.05, 0.1) is 0 Å². The minimum atomic E-state index is -1.49. The summed E-state index contributed by atoms with van der Waals surface area (Å²) >= 11 is 0. The summed E-state index contributed by atoms with van der Waals surface area (Å²) < 4.78 is 0. The average molecular weight is 451 g/mol. The molecule has 0 aliphatic carbocycles. The van der Waals surface area contributed by atoms with Crippen LogP contribution in [-0.4, -0.2) is 17.5 Å². The van der Waals surface area contributed by atoms with Gasteiger partial charge in [0.1, 0.15) is 5.66 Å². The zero-order valence-electron chi connectivity index (χ0n) is 17.1. The van der Waals surface area contributed by atoms with Crippen LogP contribution in [0.3, 0.4) is 0 Å². The van der Waals surface area contributed by atoms with E-state index in [4.69, 9.17) is 11.5 Å². The van der Waals surface area contributed by atoms with Gasteiger partial charge in [0, 0.05) is 6.42 Å². The number of nitrogens with two attached hydrogens (primary N) is 2. The summed E-state index contributed by atoms with van der Waals surface area (Å²) in [7, 11) is 0. The molecule has 2 amide bonds. The number of imide groups is 1. The van der Waals surface area contributed by atoms with Crippen LogP contribution in [0.25, 0.3) is 0 Å². The van der Waals surface area contributed by atoms with Crippen LogP contribution in [0, 0.1) is 0 Å². The predicted molar refractivity (Wildman–Crippen MR) is 122 cm³/mol. The van der Waals surface area contributed by atoms with Crippen molar-refractivity contribution in [3.63, 3.8) is 0 Å². The Morgan fingerprint density at radius 1 is 0.704 bits per heavy atom. The van der Waals surface area contributed by atoms with Gasteiger partial charge in [-0.2, -0.15) is 0 Å². The van der Waals surface area contributed by atoms with Crippen molar-refractivity contribution in [2.24, 2.45) is 11.5 Å². The number of nitrogens with one attached hydrogen (secondary N) is 1. The highest BCUT2D eigenvalue weighted by atomic mass is 35.5. The number of rotatable bonds is 15. The molecule has 0 aromatic carbocycles. The zero-order chi connectivity index (χ0) is 18.3. The molecule has 0 heterocycles. The van der Waals surface area contributed by atoms with Crippen molar-refractivity contribution in [3.05, 3.63) is 0 Å². The lowest BCUT2D eigenvalue weighted by atomic mass is 10.0. The second-order valence-corrected chi connectivity index (χ2v) is 7.15. The van der Waals surface area contributed by atoms with Crippen LogP contribution in [0.1, 0.15) is 104 Å². The van der Waals surface area contributed by atoms with Gasteiger partial charge < -0.3 is 11.5 Å². The number of hydrogen-bond acceptors (Lipinski definition) is 4. The van der Waals surface area contributed by atoms with Crippen molar-refractivity contribution >= 4 is 49.0 Å². The molecule has 0 saturated heterocycles. The molecule has 0 aliphatic heterocycles. The van der Waals surface area contributed by atoms with Gasteiger partial charge in [-0.1, -0.05) is 84.0 Å². The van der Waals surface area contributed by atoms with Gasteiger partial charge in [0.2, 0.25) is 5.91 Å². The van der Waals surface area contributed by atoms with Gasteiger partial charge in [-0.05, 0) is 13.3 Å². The Morgan fingerprint density at radius 2 is 1.04 bits per heavy atom. The van der Waals surface area contributed by atoms with E-state index >= 15 is 0 Å². The summed E-state index contributed by atoms with van der Waals surface area (Å²) in [6.45, 7) is 3.63. The topological polar surface area (TPSA) is 98.2 Å². The van der Waals surface area contributed by atoms with E-state index in [0.29, 0.717) is 6.42 Å². The van der Waals surface area contributed by atoms with E-state index in [-0.39, 0.29) is 43.1 Å². The third kappa shape index (κ3) is 23.9. The summed E-state index contributed by atoms with van der Waals surface area (Å²) in [5.41, 5.74) is 9.34. The van der Waals surface area contributed by atoms with Crippen LogP contribution in [0.5, 0.6) is 0 Å². The van der Waals surface area contributed by atoms with Crippen LogP contribution in [0.15, 0.2) is 0 Å². The molecule has 0 saturated carbocycles. The number of carbonyl (C=O) groups excluding carboxylic acids is 2. The first-order valence-corrected chi connectivity index (χ1v) is 9.80. The van der Waals surface area contributed by atoms with Crippen molar-refractivity contribution in [1.82, 2.24) is 5.32 Å². The Hall–Kier alpha value is -0.0700. The first-order valence-electron chi connectivity index (χ1n) is 9.80. The third-order valence-corrected chi connectivity index (χ3v) is 4.25. The predicted octanol–water partition coefficient (Wildman–Crippen LogP) is 5.01. The number of halogens is 3. The van der Waals surface area contributed by atoms with E-state index < -0.39 is 11.6 Å². The van der Waals surface area contributed by atoms with Crippen molar-refractivity contribution in [3.8, 4) is 0 Å². The summed E-state index contributed by atoms with van der Waals surface area (Å²) in [5, 5.41) is 2.24. The standard InChI is InChI=1S/C19H39N3O2.3ClH/c1-3-4-5-6-7-8-9-10-11-12-13-14-15-16-17(23)22-18(24)19(2,20)21;;;/h3-16,20-21H2,1-2H3,(H,22,23,24);3*1H. The lowest BCUT2D eigenvalue weighted by molar-refractivity contribution is -0.133. The highest BCUT2D eigenvalue weighted by Crippen LogP contribution is 2.12. The Morgan fingerprint density at radius 3 is 1.37 bits per heavy atom. The van der Waals surface area contributed by atoms with Crippen LogP contribution in [0.2, 0.25) is 0 Å². The van der Waals surface area contributed by atoms with Gasteiger partial charge in [-0.25, -0.2) is 0 Å². The molecule has 0 aromatic rings. The normalized spacial score (nSPS) is 10.2. The Kier molecular flexibility index (Phi) is 28.3. The number of amides is 2. The lowest BCUT2D eigenvalue weighted by Gasteiger charge is -2.16. The molecule has 5 N–H and O–H groups in total. The molecule has 166 valence electrons. The molecule has 0 unspecified atom stereocenters. The van der Waals surface area contributed by atoms with Gasteiger partial charge >= 0.3 is 0 Å². The maximum absolute atomic E-state index is 11.6. The molecule has 0 atom stereocenters. The minimum absolute atomic E-state index is 0. The molecular weight excluding hydrogens is 409 g/mol. The van der Waals surface area contributed by atoms with Crippen molar-refractivity contribution in [1.29, 1.82) is 0 Å². The van der Waals surface area contributed by atoms with Crippen molar-refractivity contribution in [2.45, 2.75) is 109 Å². The molecular formula is C19H42Cl3N3O2. The van der Waals surface area contributed by atoms with E-state index in [0.717, 1.165) is 19.3 Å². The highest BCUT2D eigenvalue weighted by molar-refractivity contribution is 5.99. The Bertz CT molecular complexity index is 352. The second-order valence-electron chi connectivity index (χ2n) is 7.15. The number of unbranched alkanes of at least 4 members (excludes halogenated alkanes) is 12. The fraction of sp³-hybridized carbons (Fsp3) is 0.895. The summed E-state index contributed by atoms with van der Waals surface area (Å²) in [6.07, 6.45) is 16.8. The molecule has 0 fully saturated rings. The van der Waals surface area contributed by atoms with Crippen LogP contribution in [0.4, 0.5) is 0 Å². The fourth-order valence-corrected chi connectivity index (χ4v) is 2.63. The maximum atomic E-state index is 11.6. The summed E-state index contributed by atoms with van der Waals surface area (Å²) in [6, 6.07) is 0. The van der Waals surface area contributed by atoms with E-state index in [1.807, 2.05) is 0 Å². The van der Waals surface area contributed by atoms with E-state index in [1.165, 1.54) is 71.1 Å². The van der Waals surface area contributed by atoms with Crippen LogP contribution >= 0.6 is 37.2 Å². The molecule has 0 aromatic heterocycles. The molecule has 0 bridgehead atoms. The maximum Gasteiger partial charge on any atom is 0.260 e. The largest absolute Gasteiger partial charge is 0.306 e. The molecule has 0 aliphatic rings. The SMILES string of the molecule is CCCCCCCCCCCCCCCC(=O)NC(=O)C(C)(N)N.Cl.Cl.Cl. The summed E-state index contributed by atoms with van der Waals surface area (Å²) in [4.78, 5) is 23.0. The number of hydrogen-bond donors (Lipinski definition) is 3. The first kappa shape index (κ1) is 34.4. The monoisotopic (exact) mass is 449 g/mol. The first-order chi connectivity index (χ1) is 11.4. The molecule has 27 heavy (non-hydrogen) atoms. The van der Waals surface area contributed by atoms with E-state index in [2.05, 4.69) is 12.2 Å². The van der Waals surface area contributed by atoms with E-state index in [9.17, 15) is 9.59 Å². The van der Waals surface area contributed by atoms with Crippen LogP contribution < -0.4 is 16.8 Å². The van der Waals surface area contributed by atoms with Crippen LogP contribution in [-0.2, 0) is 9.59 Å². The average Bonchev–Trinajstić information content (AvgIpc) is 2.51. The summed E-state index contributed by atoms with van der Waals surface area (Å²) in [5.74, 6) is -0.910. The smallest absolute Gasteiger partial charge is 0.260 e. The molecule has 0 rings (SSSR count). The van der Waals surface area contributed by atoms with E-state index in [1.54, 1.807) is 0 Å².